The second kappa shape index (κ2) is 8.19. The van der Waals surface area contributed by atoms with Crippen molar-refractivity contribution >= 4 is 11.6 Å². The van der Waals surface area contributed by atoms with Crippen molar-refractivity contribution in [1.29, 1.82) is 0 Å². The number of ether oxygens (including phenoxy) is 1. The predicted octanol–water partition coefficient (Wildman–Crippen LogP) is 2.37. The lowest BCUT2D eigenvalue weighted by Crippen LogP contribution is -2.35. The van der Waals surface area contributed by atoms with Gasteiger partial charge in [0.25, 0.3) is 5.91 Å². The van der Waals surface area contributed by atoms with E-state index in [0.717, 1.165) is 12.0 Å². The Hall–Kier alpha value is -2.04. The van der Waals surface area contributed by atoms with Crippen LogP contribution in [0.5, 0.6) is 5.75 Å². The van der Waals surface area contributed by atoms with E-state index in [1.807, 2.05) is 26.0 Å². The molecule has 5 nitrogen and oxygen atoms in total. The molecule has 0 aromatic heterocycles. The first-order valence-corrected chi connectivity index (χ1v) is 6.73. The minimum Gasteiger partial charge on any atom is -0.484 e. The van der Waals surface area contributed by atoms with Crippen LogP contribution in [0.15, 0.2) is 29.4 Å². The minimum absolute atomic E-state index is 0.0147. The number of carbonyl (C=O) groups excluding carboxylic acids is 1. The average Bonchev–Trinajstić information content (AvgIpc) is 2.46. The Labute approximate surface area is 119 Å². The summed E-state index contributed by atoms with van der Waals surface area (Å²) < 4.78 is 5.41. The van der Waals surface area contributed by atoms with Crippen molar-refractivity contribution < 1.29 is 14.7 Å². The van der Waals surface area contributed by atoms with Crippen molar-refractivity contribution in [2.45, 2.75) is 39.7 Å². The van der Waals surface area contributed by atoms with Crippen LogP contribution in [0.1, 0.15) is 32.8 Å². The molecular formula is C15H22N2O3. The molecule has 0 heterocycles. The van der Waals surface area contributed by atoms with E-state index in [0.29, 0.717) is 17.9 Å². The van der Waals surface area contributed by atoms with Crippen LogP contribution >= 0.6 is 0 Å². The molecule has 1 atom stereocenters. The molecule has 1 aromatic rings. The molecule has 0 aliphatic carbocycles. The summed E-state index contributed by atoms with van der Waals surface area (Å²) in [5.74, 6) is 0.526. The summed E-state index contributed by atoms with van der Waals surface area (Å²) in [7, 11) is 0. The van der Waals surface area contributed by atoms with Crippen molar-refractivity contribution in [2.24, 2.45) is 5.16 Å². The van der Waals surface area contributed by atoms with Crippen molar-refractivity contribution in [3.05, 3.63) is 29.8 Å². The van der Waals surface area contributed by atoms with Crippen LogP contribution in [-0.4, -0.2) is 29.5 Å². The number of benzene rings is 1. The zero-order chi connectivity index (χ0) is 15.0. The van der Waals surface area contributed by atoms with Gasteiger partial charge >= 0.3 is 0 Å². The van der Waals surface area contributed by atoms with E-state index in [-0.39, 0.29) is 18.6 Å². The zero-order valence-electron chi connectivity index (χ0n) is 12.2. The highest BCUT2D eigenvalue weighted by atomic mass is 16.5. The summed E-state index contributed by atoms with van der Waals surface area (Å²) in [6.45, 7) is 5.74. The zero-order valence-corrected chi connectivity index (χ0v) is 12.2. The normalized spacial score (nSPS) is 12.8. The van der Waals surface area contributed by atoms with Gasteiger partial charge in [0, 0.05) is 12.5 Å². The Morgan fingerprint density at radius 2 is 2.05 bits per heavy atom. The predicted molar refractivity (Wildman–Crippen MR) is 78.4 cm³/mol. The van der Waals surface area contributed by atoms with Crippen molar-refractivity contribution in [2.75, 3.05) is 6.61 Å². The van der Waals surface area contributed by atoms with Gasteiger partial charge in [0.2, 0.25) is 0 Å². The molecule has 110 valence electrons. The van der Waals surface area contributed by atoms with E-state index in [2.05, 4.69) is 10.5 Å². The fourth-order valence-corrected chi connectivity index (χ4v) is 1.60. The van der Waals surface area contributed by atoms with Crippen molar-refractivity contribution in [3.8, 4) is 5.75 Å². The number of rotatable bonds is 7. The Bertz CT molecular complexity index is 455. The molecule has 0 radical (unpaired) electrons. The van der Waals surface area contributed by atoms with E-state index < -0.39 is 0 Å². The maximum absolute atomic E-state index is 11.6. The average molecular weight is 278 g/mol. The maximum atomic E-state index is 11.6. The van der Waals surface area contributed by atoms with Crippen molar-refractivity contribution in [1.82, 2.24) is 5.32 Å². The number of oxime groups is 1. The smallest absolute Gasteiger partial charge is 0.258 e. The Balaban J connectivity index is 2.44. The first-order valence-electron chi connectivity index (χ1n) is 6.73. The molecule has 0 fully saturated rings. The first kappa shape index (κ1) is 16.0. The summed E-state index contributed by atoms with van der Waals surface area (Å²) in [6.07, 6.45) is 1.48. The number of nitrogens with one attached hydrogen (secondary N) is 1. The number of hydrogen-bond acceptors (Lipinski definition) is 4. The van der Waals surface area contributed by atoms with E-state index in [1.54, 1.807) is 19.1 Å². The Kier molecular flexibility index (Phi) is 6.56. The van der Waals surface area contributed by atoms with Crippen LogP contribution in [0, 0.1) is 0 Å². The molecule has 0 aliphatic heterocycles. The Morgan fingerprint density at radius 3 is 2.60 bits per heavy atom. The quantitative estimate of drug-likeness (QED) is 0.457. The molecule has 0 saturated heterocycles. The number of hydrogen-bond donors (Lipinski definition) is 2. The van der Waals surface area contributed by atoms with Gasteiger partial charge in [-0.1, -0.05) is 24.2 Å². The fraction of sp³-hybridized carbons (Fsp3) is 0.467. The molecule has 1 amide bonds. The van der Waals surface area contributed by atoms with E-state index in [1.165, 1.54) is 0 Å². The van der Waals surface area contributed by atoms with E-state index in [9.17, 15) is 4.79 Å². The van der Waals surface area contributed by atoms with Crippen LogP contribution in [0.4, 0.5) is 0 Å². The number of nitrogens with zero attached hydrogens (tertiary/aromatic N) is 1. The monoisotopic (exact) mass is 278 g/mol. The number of amides is 1. The SMILES string of the molecule is CCC(C)NC(=O)COc1ccc(C/C(C)=N/O)cc1. The maximum Gasteiger partial charge on any atom is 0.258 e. The van der Waals surface area contributed by atoms with E-state index >= 15 is 0 Å². The van der Waals surface area contributed by atoms with Crippen LogP contribution < -0.4 is 10.1 Å². The highest BCUT2D eigenvalue weighted by molar-refractivity contribution is 5.83. The molecule has 1 rings (SSSR count). The lowest BCUT2D eigenvalue weighted by atomic mass is 10.1. The summed E-state index contributed by atoms with van der Waals surface area (Å²) in [5, 5.41) is 14.6. The van der Waals surface area contributed by atoms with Crippen LogP contribution in [0.2, 0.25) is 0 Å². The molecule has 0 bridgehead atoms. The minimum atomic E-state index is -0.119. The van der Waals surface area contributed by atoms with Gasteiger partial charge in [-0.05, 0) is 38.0 Å². The third kappa shape index (κ3) is 5.73. The molecule has 1 aromatic carbocycles. The Morgan fingerprint density at radius 1 is 1.40 bits per heavy atom. The van der Waals surface area contributed by atoms with Crippen LogP contribution in [-0.2, 0) is 11.2 Å². The standard InChI is InChI=1S/C15H22N2O3/c1-4-11(2)16-15(18)10-20-14-7-5-13(6-8-14)9-12(3)17-19/h5-8,11,19H,4,9-10H2,1-3H3,(H,16,18)/b17-12+. The lowest BCUT2D eigenvalue weighted by Gasteiger charge is -2.12. The fourth-order valence-electron chi connectivity index (χ4n) is 1.60. The number of carbonyl (C=O) groups is 1. The largest absolute Gasteiger partial charge is 0.484 e. The van der Waals surface area contributed by atoms with Gasteiger partial charge in [-0.3, -0.25) is 4.79 Å². The second-order valence-electron chi connectivity index (χ2n) is 4.82. The van der Waals surface area contributed by atoms with Crippen LogP contribution in [0.25, 0.3) is 0 Å². The van der Waals surface area contributed by atoms with Crippen molar-refractivity contribution in [3.63, 3.8) is 0 Å². The molecule has 0 spiro atoms. The van der Waals surface area contributed by atoms with Gasteiger partial charge in [0.15, 0.2) is 6.61 Å². The van der Waals surface area contributed by atoms with Gasteiger partial charge in [0.05, 0.1) is 5.71 Å². The molecule has 5 heteroatoms. The van der Waals surface area contributed by atoms with Gasteiger partial charge in [-0.25, -0.2) is 0 Å². The highest BCUT2D eigenvalue weighted by Crippen LogP contribution is 2.12. The molecule has 20 heavy (non-hydrogen) atoms. The summed E-state index contributed by atoms with van der Waals surface area (Å²) >= 11 is 0. The third-order valence-corrected chi connectivity index (χ3v) is 2.94. The van der Waals surface area contributed by atoms with Crippen LogP contribution in [0.3, 0.4) is 0 Å². The highest BCUT2D eigenvalue weighted by Gasteiger charge is 2.06. The van der Waals surface area contributed by atoms with Gasteiger partial charge < -0.3 is 15.3 Å². The summed E-state index contributed by atoms with van der Waals surface area (Å²) in [6, 6.07) is 7.54. The van der Waals surface area contributed by atoms with Gasteiger partial charge in [0.1, 0.15) is 5.75 Å². The molecule has 2 N–H and O–H groups in total. The molecule has 0 aliphatic rings. The summed E-state index contributed by atoms with van der Waals surface area (Å²) in [5.41, 5.74) is 1.67. The molecule has 0 saturated carbocycles. The molecular weight excluding hydrogens is 256 g/mol. The third-order valence-electron chi connectivity index (χ3n) is 2.94. The second-order valence-corrected chi connectivity index (χ2v) is 4.82. The molecule has 1 unspecified atom stereocenters. The van der Waals surface area contributed by atoms with Gasteiger partial charge in [-0.15, -0.1) is 0 Å². The van der Waals surface area contributed by atoms with Gasteiger partial charge in [-0.2, -0.15) is 0 Å². The van der Waals surface area contributed by atoms with E-state index in [4.69, 9.17) is 9.94 Å². The first-order chi connectivity index (χ1) is 9.55. The summed E-state index contributed by atoms with van der Waals surface area (Å²) in [4.78, 5) is 11.6. The topological polar surface area (TPSA) is 70.9 Å². The lowest BCUT2D eigenvalue weighted by molar-refractivity contribution is -0.123.